The van der Waals surface area contributed by atoms with Crippen molar-refractivity contribution in [3.63, 3.8) is 0 Å². The van der Waals surface area contributed by atoms with Gasteiger partial charge in [-0.25, -0.2) is 0 Å². The smallest absolute Gasteiger partial charge is 0.242 e. The molecular weight excluding hydrogens is 292 g/mol. The Labute approximate surface area is 125 Å². The molecule has 0 fully saturated rings. The lowest BCUT2D eigenvalue weighted by atomic mass is 9.72. The van der Waals surface area contributed by atoms with Crippen LogP contribution in [0.3, 0.4) is 0 Å². The Kier molecular flexibility index (Phi) is 2.28. The summed E-state index contributed by atoms with van der Waals surface area (Å²) in [6, 6.07) is 5.38. The fraction of sp³-hybridized carbons (Fsp3) is 0.214. The van der Waals surface area contributed by atoms with Gasteiger partial charge in [-0.2, -0.15) is 5.10 Å². The van der Waals surface area contributed by atoms with Crippen molar-refractivity contribution >= 4 is 34.9 Å². The van der Waals surface area contributed by atoms with Crippen molar-refractivity contribution in [2.45, 2.75) is 11.8 Å². The van der Waals surface area contributed by atoms with E-state index in [-0.39, 0.29) is 18.2 Å². The van der Waals surface area contributed by atoms with Gasteiger partial charge in [0, 0.05) is 19.0 Å². The van der Waals surface area contributed by atoms with Gasteiger partial charge in [0.2, 0.25) is 11.8 Å². The van der Waals surface area contributed by atoms with Crippen LogP contribution in [0, 0.1) is 0 Å². The highest BCUT2D eigenvalue weighted by molar-refractivity contribution is 6.35. The number of rotatable bonds is 0. The summed E-state index contributed by atoms with van der Waals surface area (Å²) in [5.74, 6) is 0.0882. The summed E-state index contributed by atoms with van der Waals surface area (Å²) >= 11 is 6.25. The second-order valence-corrected chi connectivity index (χ2v) is 5.70. The summed E-state index contributed by atoms with van der Waals surface area (Å²) < 4.78 is 0. The lowest BCUT2D eigenvalue weighted by Gasteiger charge is -2.31. The molecule has 106 valence electrons. The number of aromatic amines is 1. The van der Waals surface area contributed by atoms with Crippen LogP contribution in [0.1, 0.15) is 17.5 Å². The van der Waals surface area contributed by atoms with E-state index in [1.54, 1.807) is 25.4 Å². The number of hydrogen-bond acceptors (Lipinski definition) is 3. The van der Waals surface area contributed by atoms with E-state index >= 15 is 0 Å². The van der Waals surface area contributed by atoms with Crippen molar-refractivity contribution in [2.75, 3.05) is 17.3 Å². The molecule has 0 radical (unpaired) electrons. The van der Waals surface area contributed by atoms with Crippen LogP contribution >= 0.6 is 11.6 Å². The van der Waals surface area contributed by atoms with Gasteiger partial charge in [-0.15, -0.1) is 0 Å². The van der Waals surface area contributed by atoms with Gasteiger partial charge in [-0.05, 0) is 11.6 Å². The van der Waals surface area contributed by atoms with Crippen LogP contribution in [0.15, 0.2) is 24.4 Å². The number of carbonyl (C=O) groups is 2. The van der Waals surface area contributed by atoms with Gasteiger partial charge in [-0.1, -0.05) is 23.7 Å². The zero-order valence-electron chi connectivity index (χ0n) is 11.1. The van der Waals surface area contributed by atoms with E-state index < -0.39 is 5.41 Å². The van der Waals surface area contributed by atoms with Crippen LogP contribution in [0.5, 0.6) is 0 Å². The number of likely N-dealkylation sites (N-methyl/N-ethyl adjacent to an activating group) is 1. The molecule has 0 aliphatic carbocycles. The summed E-state index contributed by atoms with van der Waals surface area (Å²) in [7, 11) is 1.67. The number of nitrogens with zero attached hydrogens (tertiary/aromatic N) is 2. The highest BCUT2D eigenvalue weighted by Crippen LogP contribution is 2.52. The van der Waals surface area contributed by atoms with Gasteiger partial charge in [0.15, 0.2) is 0 Å². The molecule has 0 saturated carbocycles. The maximum absolute atomic E-state index is 12.9. The van der Waals surface area contributed by atoms with E-state index in [4.69, 9.17) is 11.6 Å². The summed E-state index contributed by atoms with van der Waals surface area (Å²) in [5, 5.41) is 9.91. The Balaban J connectivity index is 2.09. The lowest BCUT2D eigenvalue weighted by Crippen LogP contribution is -2.45. The zero-order chi connectivity index (χ0) is 14.8. The molecule has 1 spiro atoms. The average Bonchev–Trinajstić information content (AvgIpc) is 2.99. The van der Waals surface area contributed by atoms with E-state index in [2.05, 4.69) is 15.5 Å². The van der Waals surface area contributed by atoms with Crippen LogP contribution in [0.25, 0.3) is 0 Å². The minimum atomic E-state index is -1.04. The van der Waals surface area contributed by atoms with Crippen LogP contribution in [0.2, 0.25) is 5.02 Å². The van der Waals surface area contributed by atoms with Gasteiger partial charge in [0.05, 0.1) is 16.9 Å². The molecule has 7 heteroatoms. The molecule has 2 aromatic rings. The number of halogens is 1. The van der Waals surface area contributed by atoms with Crippen molar-refractivity contribution in [3.8, 4) is 0 Å². The minimum Gasteiger partial charge on any atom is -0.313 e. The second-order valence-electron chi connectivity index (χ2n) is 5.29. The Hall–Kier alpha value is -2.34. The second kappa shape index (κ2) is 3.85. The van der Waals surface area contributed by atoms with E-state index in [1.165, 1.54) is 4.90 Å². The number of hydrogen-bond donors (Lipinski definition) is 2. The highest BCUT2D eigenvalue weighted by Gasteiger charge is 2.56. The number of aromatic nitrogens is 2. The predicted molar refractivity (Wildman–Crippen MR) is 77.5 cm³/mol. The highest BCUT2D eigenvalue weighted by atomic mass is 35.5. The number of fused-ring (bicyclic) bond motifs is 4. The number of H-pyrrole nitrogens is 1. The first-order chi connectivity index (χ1) is 10.1. The van der Waals surface area contributed by atoms with Gasteiger partial charge in [0.25, 0.3) is 0 Å². The standard InChI is InChI=1S/C14H11ClN4O2/c1-19-11-7(3-2-4-9(11)15)14(13(19)21)5-10(20)17-12-8(14)6-16-18-12/h2-4,6H,5H2,1H3,(H2,16,17,18,20). The SMILES string of the molecule is CN1C(=O)C2(CC(=O)Nc3[nH]ncc32)c2cccc(Cl)c21. The van der Waals surface area contributed by atoms with Crippen molar-refractivity contribution in [1.29, 1.82) is 0 Å². The fourth-order valence-corrected chi connectivity index (χ4v) is 3.66. The Morgan fingerprint density at radius 3 is 2.95 bits per heavy atom. The topological polar surface area (TPSA) is 78.1 Å². The molecule has 2 aliphatic heterocycles. The Bertz CT molecular complexity index is 800. The van der Waals surface area contributed by atoms with Crippen LogP contribution < -0.4 is 10.2 Å². The number of benzene rings is 1. The third kappa shape index (κ3) is 1.35. The Morgan fingerprint density at radius 1 is 1.33 bits per heavy atom. The van der Waals surface area contributed by atoms with E-state index in [1.807, 2.05) is 6.07 Å². The molecule has 0 bridgehead atoms. The average molecular weight is 303 g/mol. The number of nitrogens with one attached hydrogen (secondary N) is 2. The first kappa shape index (κ1) is 12.4. The van der Waals surface area contributed by atoms with Gasteiger partial charge in [0.1, 0.15) is 11.2 Å². The molecule has 21 heavy (non-hydrogen) atoms. The quantitative estimate of drug-likeness (QED) is 0.777. The van der Waals surface area contributed by atoms with Crippen LogP contribution in [-0.4, -0.2) is 29.1 Å². The van der Waals surface area contributed by atoms with Crippen molar-refractivity contribution in [1.82, 2.24) is 10.2 Å². The maximum Gasteiger partial charge on any atom is 0.242 e. The van der Waals surface area contributed by atoms with Gasteiger partial charge < -0.3 is 10.2 Å². The third-order valence-electron chi connectivity index (χ3n) is 4.24. The predicted octanol–water partition coefficient (Wildman–Crippen LogP) is 1.67. The number of amides is 2. The van der Waals surface area contributed by atoms with Crippen molar-refractivity contribution in [3.05, 3.63) is 40.5 Å². The molecule has 0 saturated heterocycles. The molecule has 6 nitrogen and oxygen atoms in total. The molecule has 1 aromatic carbocycles. The molecule has 2 N–H and O–H groups in total. The monoisotopic (exact) mass is 302 g/mol. The molecule has 1 unspecified atom stereocenters. The molecule has 3 heterocycles. The molecule has 2 amide bonds. The summed E-state index contributed by atoms with van der Waals surface area (Å²) in [6.45, 7) is 0. The molecule has 2 aliphatic rings. The van der Waals surface area contributed by atoms with Crippen molar-refractivity contribution in [2.24, 2.45) is 0 Å². The molecule has 1 atom stereocenters. The van der Waals surface area contributed by atoms with Crippen LogP contribution in [0.4, 0.5) is 11.5 Å². The van der Waals surface area contributed by atoms with Crippen molar-refractivity contribution < 1.29 is 9.59 Å². The summed E-state index contributed by atoms with van der Waals surface area (Å²) in [5.41, 5.74) is 1.05. The summed E-state index contributed by atoms with van der Waals surface area (Å²) in [4.78, 5) is 26.5. The molecular formula is C14H11ClN4O2. The van der Waals surface area contributed by atoms with Crippen LogP contribution in [-0.2, 0) is 15.0 Å². The first-order valence-corrected chi connectivity index (χ1v) is 6.84. The number of carbonyl (C=O) groups excluding carboxylic acids is 2. The molecule has 4 rings (SSSR count). The summed E-state index contributed by atoms with van der Waals surface area (Å²) in [6.07, 6.45) is 1.65. The zero-order valence-corrected chi connectivity index (χ0v) is 11.9. The minimum absolute atomic E-state index is 0.0516. The first-order valence-electron chi connectivity index (χ1n) is 6.46. The third-order valence-corrected chi connectivity index (χ3v) is 4.55. The van der Waals surface area contributed by atoms with Gasteiger partial charge in [-0.3, -0.25) is 14.7 Å². The number of anilines is 2. The van der Waals surface area contributed by atoms with E-state index in [0.717, 1.165) is 5.56 Å². The fourth-order valence-electron chi connectivity index (χ4n) is 3.36. The van der Waals surface area contributed by atoms with Gasteiger partial charge >= 0.3 is 0 Å². The maximum atomic E-state index is 12.9. The lowest BCUT2D eigenvalue weighted by molar-refractivity contribution is -0.126. The largest absolute Gasteiger partial charge is 0.313 e. The van der Waals surface area contributed by atoms with E-state index in [0.29, 0.717) is 22.1 Å². The normalized spacial score (nSPS) is 23.2. The van der Waals surface area contributed by atoms with E-state index in [9.17, 15) is 9.59 Å². The number of para-hydroxylation sites is 1. The Morgan fingerprint density at radius 2 is 2.14 bits per heavy atom. The molecule has 1 aromatic heterocycles.